The third kappa shape index (κ3) is 4.28. The van der Waals surface area contributed by atoms with E-state index in [1.807, 2.05) is 24.3 Å². The van der Waals surface area contributed by atoms with Crippen LogP contribution in [0.15, 0.2) is 72.8 Å². The average molecular weight is 617 g/mol. The number of benzene rings is 5. The molecule has 2 heterocycles. The monoisotopic (exact) mass is 616 g/mol. The zero-order valence-electron chi connectivity index (χ0n) is 26.1. The standard InChI is InChI=1S/C38H36N2O6/c1-19(2)17-39-25-11-7-5-9-23(25)33-32(22-15-29(43)38(46)30(44)16-22)36-34(24-10-6-8-12-26(24)40(36)18-20(3)4)31(35(33)39)21-13-27(41)37(45)28(42)14-21/h5-16,19-20,41-46H,17-18H2,1-4H3. The van der Waals surface area contributed by atoms with Crippen molar-refractivity contribution in [1.82, 2.24) is 9.13 Å². The van der Waals surface area contributed by atoms with Crippen LogP contribution >= 0.6 is 0 Å². The zero-order valence-corrected chi connectivity index (χ0v) is 26.1. The lowest BCUT2D eigenvalue weighted by molar-refractivity contribution is 0.368. The summed E-state index contributed by atoms with van der Waals surface area (Å²) in [6.45, 7) is 9.86. The number of phenolic OH excluding ortho intramolecular Hbond substituents is 6. The van der Waals surface area contributed by atoms with E-state index < -0.39 is 34.5 Å². The summed E-state index contributed by atoms with van der Waals surface area (Å²) in [5, 5.41) is 67.5. The molecule has 0 spiro atoms. The van der Waals surface area contributed by atoms with Gasteiger partial charge in [-0.15, -0.1) is 0 Å². The van der Waals surface area contributed by atoms with Crippen molar-refractivity contribution in [3.05, 3.63) is 72.8 Å². The third-order valence-corrected chi connectivity index (χ3v) is 8.73. The van der Waals surface area contributed by atoms with E-state index in [-0.39, 0.29) is 11.8 Å². The van der Waals surface area contributed by atoms with Gasteiger partial charge in [-0.25, -0.2) is 0 Å². The van der Waals surface area contributed by atoms with Crippen molar-refractivity contribution in [3.8, 4) is 56.8 Å². The Balaban J connectivity index is 1.88. The summed E-state index contributed by atoms with van der Waals surface area (Å²) >= 11 is 0. The zero-order chi connectivity index (χ0) is 32.6. The molecule has 8 heteroatoms. The second kappa shape index (κ2) is 10.5. The van der Waals surface area contributed by atoms with Gasteiger partial charge in [0.2, 0.25) is 0 Å². The molecule has 0 saturated heterocycles. The van der Waals surface area contributed by atoms with Gasteiger partial charge in [-0.05, 0) is 59.4 Å². The van der Waals surface area contributed by atoms with Crippen LogP contribution in [0.25, 0.3) is 65.9 Å². The summed E-state index contributed by atoms with van der Waals surface area (Å²) in [6, 6.07) is 22.1. The minimum Gasteiger partial charge on any atom is -0.504 e. The number of para-hydroxylation sites is 2. The van der Waals surface area contributed by atoms with Gasteiger partial charge in [0.1, 0.15) is 0 Å². The van der Waals surface area contributed by atoms with Crippen molar-refractivity contribution in [2.45, 2.75) is 40.8 Å². The maximum Gasteiger partial charge on any atom is 0.200 e. The first kappa shape index (κ1) is 29.2. The molecular weight excluding hydrogens is 580 g/mol. The molecule has 234 valence electrons. The minimum atomic E-state index is -0.590. The smallest absolute Gasteiger partial charge is 0.200 e. The third-order valence-electron chi connectivity index (χ3n) is 8.73. The molecule has 5 aromatic carbocycles. The second-order valence-electron chi connectivity index (χ2n) is 13.0. The van der Waals surface area contributed by atoms with E-state index in [9.17, 15) is 30.6 Å². The summed E-state index contributed by atoms with van der Waals surface area (Å²) in [7, 11) is 0. The van der Waals surface area contributed by atoms with Crippen LogP contribution in [-0.4, -0.2) is 39.8 Å². The number of hydrogen-bond donors (Lipinski definition) is 6. The van der Waals surface area contributed by atoms with E-state index >= 15 is 0 Å². The van der Waals surface area contributed by atoms with Crippen LogP contribution in [0.4, 0.5) is 0 Å². The van der Waals surface area contributed by atoms with Gasteiger partial charge in [0.15, 0.2) is 34.5 Å². The van der Waals surface area contributed by atoms with E-state index in [4.69, 9.17) is 0 Å². The molecule has 0 aliphatic carbocycles. The minimum absolute atomic E-state index is 0.247. The second-order valence-corrected chi connectivity index (χ2v) is 13.0. The van der Waals surface area contributed by atoms with Gasteiger partial charge in [-0.2, -0.15) is 0 Å². The van der Waals surface area contributed by atoms with Crippen LogP contribution in [0.3, 0.4) is 0 Å². The number of hydrogen-bond acceptors (Lipinski definition) is 6. The van der Waals surface area contributed by atoms with Crippen molar-refractivity contribution in [2.24, 2.45) is 11.8 Å². The Morgan fingerprint density at radius 3 is 1.15 bits per heavy atom. The van der Waals surface area contributed by atoms with Crippen molar-refractivity contribution < 1.29 is 30.6 Å². The van der Waals surface area contributed by atoms with Gasteiger partial charge in [0, 0.05) is 56.8 Å². The van der Waals surface area contributed by atoms with Crippen LogP contribution in [0.2, 0.25) is 0 Å². The van der Waals surface area contributed by atoms with Crippen LogP contribution in [0, 0.1) is 11.8 Å². The molecule has 6 N–H and O–H groups in total. The maximum atomic E-state index is 10.8. The Morgan fingerprint density at radius 1 is 0.500 bits per heavy atom. The Morgan fingerprint density at radius 2 is 0.826 bits per heavy atom. The summed E-state index contributed by atoms with van der Waals surface area (Å²) in [4.78, 5) is 0. The van der Waals surface area contributed by atoms with Crippen molar-refractivity contribution in [2.75, 3.05) is 0 Å². The Labute approximate surface area is 265 Å². The van der Waals surface area contributed by atoms with Crippen molar-refractivity contribution >= 4 is 43.6 Å². The topological polar surface area (TPSA) is 131 Å². The highest BCUT2D eigenvalue weighted by molar-refractivity contribution is 6.32. The molecule has 8 nitrogen and oxygen atoms in total. The van der Waals surface area contributed by atoms with Gasteiger partial charge in [0.05, 0.1) is 11.0 Å². The van der Waals surface area contributed by atoms with Crippen molar-refractivity contribution in [1.29, 1.82) is 0 Å². The van der Waals surface area contributed by atoms with E-state index in [1.54, 1.807) is 0 Å². The molecule has 0 atom stereocenters. The van der Waals surface area contributed by atoms with Crippen LogP contribution < -0.4 is 0 Å². The first-order valence-electron chi connectivity index (χ1n) is 15.5. The fourth-order valence-corrected chi connectivity index (χ4v) is 7.04. The van der Waals surface area contributed by atoms with Gasteiger partial charge in [0.25, 0.3) is 0 Å². The predicted octanol–water partition coefficient (Wildman–Crippen LogP) is 8.78. The Bertz CT molecular complexity index is 2130. The molecule has 46 heavy (non-hydrogen) atoms. The molecule has 0 amide bonds. The van der Waals surface area contributed by atoms with Crippen LogP contribution in [0.5, 0.6) is 34.5 Å². The van der Waals surface area contributed by atoms with Gasteiger partial charge >= 0.3 is 0 Å². The summed E-state index contributed by atoms with van der Waals surface area (Å²) in [5.74, 6) is -2.44. The van der Waals surface area contributed by atoms with Crippen molar-refractivity contribution in [3.63, 3.8) is 0 Å². The molecule has 7 aromatic rings. The molecule has 0 aliphatic heterocycles. The van der Waals surface area contributed by atoms with E-state index in [0.29, 0.717) is 24.2 Å². The lowest BCUT2D eigenvalue weighted by Crippen LogP contribution is -2.06. The first-order chi connectivity index (χ1) is 22.0. The highest BCUT2D eigenvalue weighted by atomic mass is 16.3. The molecule has 2 aromatic heterocycles. The number of nitrogens with zero attached hydrogens (tertiary/aromatic N) is 2. The molecule has 0 bridgehead atoms. The molecule has 0 unspecified atom stereocenters. The summed E-state index contributed by atoms with van der Waals surface area (Å²) in [6.07, 6.45) is 0. The van der Waals surface area contributed by atoms with E-state index in [0.717, 1.165) is 54.7 Å². The number of fused-ring (bicyclic) bond motifs is 6. The van der Waals surface area contributed by atoms with Gasteiger partial charge in [-0.1, -0.05) is 64.1 Å². The molecular formula is C38H36N2O6. The number of phenols is 6. The average Bonchev–Trinajstić information content (AvgIpc) is 3.49. The Kier molecular flexibility index (Phi) is 6.70. The quantitative estimate of drug-likeness (QED) is 0.104. The molecule has 0 aliphatic rings. The van der Waals surface area contributed by atoms with Gasteiger partial charge < -0.3 is 39.8 Å². The van der Waals surface area contributed by atoms with E-state index in [2.05, 4.69) is 61.1 Å². The van der Waals surface area contributed by atoms with Crippen LogP contribution in [0.1, 0.15) is 27.7 Å². The Hall–Kier alpha value is -5.50. The number of aromatic nitrogens is 2. The highest BCUT2D eigenvalue weighted by Gasteiger charge is 2.29. The fraction of sp³-hybridized carbons (Fsp3) is 0.211. The molecule has 0 radical (unpaired) electrons. The van der Waals surface area contributed by atoms with Crippen LogP contribution in [-0.2, 0) is 13.1 Å². The molecule has 0 fully saturated rings. The fourth-order valence-electron chi connectivity index (χ4n) is 7.04. The maximum absolute atomic E-state index is 10.8. The summed E-state index contributed by atoms with van der Waals surface area (Å²) < 4.78 is 4.51. The molecule has 0 saturated carbocycles. The normalized spacial score (nSPS) is 12.1. The summed E-state index contributed by atoms with van der Waals surface area (Å²) in [5.41, 5.74) is 6.19. The van der Waals surface area contributed by atoms with Gasteiger partial charge in [-0.3, -0.25) is 0 Å². The lowest BCUT2D eigenvalue weighted by Gasteiger charge is -2.20. The SMILES string of the molecule is CC(C)Cn1c2ccccc2c2c(-c3cc(O)c(O)c(O)c3)c3c(c(-c4cc(O)c(O)c(O)c4)c21)c1ccccc1n3CC(C)C. The van der Waals surface area contributed by atoms with E-state index in [1.165, 1.54) is 24.3 Å². The highest BCUT2D eigenvalue weighted by Crippen LogP contribution is 2.53. The first-order valence-corrected chi connectivity index (χ1v) is 15.5. The molecule has 7 rings (SSSR count). The largest absolute Gasteiger partial charge is 0.504 e. The number of aromatic hydroxyl groups is 6. The lowest BCUT2D eigenvalue weighted by atomic mass is 9.89. The predicted molar refractivity (Wildman–Crippen MR) is 183 cm³/mol. The number of rotatable bonds is 6.